The van der Waals surface area contributed by atoms with Crippen LogP contribution in [-0.2, 0) is 27.8 Å². The van der Waals surface area contributed by atoms with Crippen molar-refractivity contribution in [3.63, 3.8) is 0 Å². The largest absolute Gasteiger partial charge is 0.376 e. The van der Waals surface area contributed by atoms with E-state index in [4.69, 9.17) is 16.3 Å². The number of nitrogens with zero attached hydrogens (tertiary/aromatic N) is 1. The Hall–Kier alpha value is -2.71. The Morgan fingerprint density at radius 1 is 0.941 bits per heavy atom. The Bertz CT molecular complexity index is 1190. The molecule has 8 heteroatoms. The maximum absolute atomic E-state index is 13.4. The average molecular weight is 499 g/mol. The number of carbonyl (C=O) groups is 1. The molecule has 1 aliphatic heterocycles. The van der Waals surface area contributed by atoms with Crippen molar-refractivity contribution in [2.45, 2.75) is 36.9 Å². The lowest BCUT2D eigenvalue weighted by Crippen LogP contribution is -2.32. The molecule has 4 rings (SSSR count). The Labute approximate surface area is 205 Å². The van der Waals surface area contributed by atoms with Crippen LogP contribution in [0.5, 0.6) is 0 Å². The summed E-state index contributed by atoms with van der Waals surface area (Å²) in [6.07, 6.45) is 2.06. The first kappa shape index (κ1) is 24.4. The Morgan fingerprint density at radius 2 is 1.59 bits per heavy atom. The van der Waals surface area contributed by atoms with Crippen LogP contribution < -0.4 is 5.32 Å². The number of nitrogens with one attached hydrogen (secondary N) is 1. The van der Waals surface area contributed by atoms with Gasteiger partial charge in [0.15, 0.2) is 0 Å². The highest BCUT2D eigenvalue weighted by Gasteiger charge is 2.25. The summed E-state index contributed by atoms with van der Waals surface area (Å²) in [4.78, 5) is 12.6. The van der Waals surface area contributed by atoms with Gasteiger partial charge >= 0.3 is 0 Å². The van der Waals surface area contributed by atoms with Crippen LogP contribution >= 0.6 is 11.6 Å². The molecule has 3 aromatic rings. The number of ether oxygens (including phenoxy) is 1. The van der Waals surface area contributed by atoms with E-state index in [2.05, 4.69) is 5.32 Å². The van der Waals surface area contributed by atoms with E-state index in [0.29, 0.717) is 17.1 Å². The number of amides is 1. The van der Waals surface area contributed by atoms with Gasteiger partial charge in [-0.05, 0) is 60.4 Å². The van der Waals surface area contributed by atoms with Gasteiger partial charge in [0.25, 0.3) is 5.91 Å². The molecule has 1 saturated heterocycles. The summed E-state index contributed by atoms with van der Waals surface area (Å²) in [7, 11) is -3.78. The fourth-order valence-corrected chi connectivity index (χ4v) is 5.39. The highest BCUT2D eigenvalue weighted by atomic mass is 35.5. The van der Waals surface area contributed by atoms with Gasteiger partial charge in [-0.3, -0.25) is 4.79 Å². The second-order valence-electron chi connectivity index (χ2n) is 8.25. The summed E-state index contributed by atoms with van der Waals surface area (Å²) in [5.74, 6) is -0.169. The van der Waals surface area contributed by atoms with Crippen LogP contribution in [0.25, 0.3) is 0 Å². The molecule has 1 atom stereocenters. The van der Waals surface area contributed by atoms with Crippen LogP contribution in [0.2, 0.25) is 5.02 Å². The van der Waals surface area contributed by atoms with Crippen molar-refractivity contribution < 1.29 is 17.9 Å². The topological polar surface area (TPSA) is 75.7 Å². The number of rotatable bonds is 9. The molecule has 0 aliphatic carbocycles. The molecule has 0 radical (unpaired) electrons. The lowest BCUT2D eigenvalue weighted by molar-refractivity contribution is 0.0857. The average Bonchev–Trinajstić information content (AvgIpc) is 3.37. The maximum atomic E-state index is 13.4. The first-order valence-electron chi connectivity index (χ1n) is 11.2. The molecule has 0 aromatic heterocycles. The van der Waals surface area contributed by atoms with Crippen molar-refractivity contribution >= 4 is 27.5 Å². The molecule has 6 nitrogen and oxygen atoms in total. The Morgan fingerprint density at radius 3 is 2.21 bits per heavy atom. The van der Waals surface area contributed by atoms with Gasteiger partial charge in [0.05, 0.1) is 11.0 Å². The molecule has 0 bridgehead atoms. The predicted octanol–water partition coefficient (Wildman–Crippen LogP) is 4.64. The van der Waals surface area contributed by atoms with Crippen LogP contribution in [0.15, 0.2) is 83.8 Å². The third-order valence-electron chi connectivity index (χ3n) is 5.74. The normalized spacial score (nSPS) is 16.0. The van der Waals surface area contributed by atoms with Crippen LogP contribution in [0.1, 0.15) is 34.3 Å². The molecule has 178 valence electrons. The number of hydrogen-bond donors (Lipinski definition) is 1. The van der Waals surface area contributed by atoms with Gasteiger partial charge in [-0.1, -0.05) is 54.1 Å². The SMILES string of the molecule is O=C(NCC1CCCO1)c1ccc(CN(Cc2ccccc2)S(=O)(=O)c2ccc(Cl)cc2)cc1. The van der Waals surface area contributed by atoms with E-state index >= 15 is 0 Å². The van der Waals surface area contributed by atoms with Gasteiger partial charge in [-0.15, -0.1) is 0 Å². The molecule has 1 unspecified atom stereocenters. The summed E-state index contributed by atoms with van der Waals surface area (Å²) < 4.78 is 33.9. The molecule has 1 fully saturated rings. The maximum Gasteiger partial charge on any atom is 0.251 e. The van der Waals surface area contributed by atoms with Crippen LogP contribution in [0.3, 0.4) is 0 Å². The minimum atomic E-state index is -3.78. The molecular weight excluding hydrogens is 472 g/mol. The van der Waals surface area contributed by atoms with Gasteiger partial charge in [-0.2, -0.15) is 4.31 Å². The first-order valence-corrected chi connectivity index (χ1v) is 13.0. The molecule has 0 saturated carbocycles. The van der Waals surface area contributed by atoms with E-state index < -0.39 is 10.0 Å². The van der Waals surface area contributed by atoms with E-state index in [1.807, 2.05) is 30.3 Å². The van der Waals surface area contributed by atoms with E-state index in [0.717, 1.165) is 30.6 Å². The van der Waals surface area contributed by atoms with Crippen molar-refractivity contribution in [2.75, 3.05) is 13.2 Å². The van der Waals surface area contributed by atoms with Gasteiger partial charge < -0.3 is 10.1 Å². The highest BCUT2D eigenvalue weighted by Crippen LogP contribution is 2.23. The molecule has 1 N–H and O–H groups in total. The quantitative estimate of drug-likeness (QED) is 0.466. The van der Waals surface area contributed by atoms with E-state index in [-0.39, 0.29) is 30.0 Å². The molecule has 0 spiro atoms. The van der Waals surface area contributed by atoms with Gasteiger partial charge in [0.2, 0.25) is 10.0 Å². The molecule has 3 aromatic carbocycles. The minimum absolute atomic E-state index is 0.0767. The van der Waals surface area contributed by atoms with Crippen LogP contribution in [0.4, 0.5) is 0 Å². The van der Waals surface area contributed by atoms with E-state index in [1.54, 1.807) is 36.4 Å². The van der Waals surface area contributed by atoms with Crippen molar-refractivity contribution in [1.82, 2.24) is 9.62 Å². The summed E-state index contributed by atoms with van der Waals surface area (Å²) in [5, 5.41) is 3.38. The van der Waals surface area contributed by atoms with Crippen molar-refractivity contribution in [3.8, 4) is 0 Å². The zero-order valence-electron chi connectivity index (χ0n) is 18.7. The predicted molar refractivity (Wildman–Crippen MR) is 132 cm³/mol. The second kappa shape index (κ2) is 11.1. The highest BCUT2D eigenvalue weighted by molar-refractivity contribution is 7.89. The smallest absolute Gasteiger partial charge is 0.251 e. The van der Waals surface area contributed by atoms with Crippen molar-refractivity contribution in [2.24, 2.45) is 0 Å². The lowest BCUT2D eigenvalue weighted by atomic mass is 10.1. The minimum Gasteiger partial charge on any atom is -0.376 e. The van der Waals surface area contributed by atoms with Crippen molar-refractivity contribution in [1.29, 1.82) is 0 Å². The summed E-state index contributed by atoms with van der Waals surface area (Å²) in [6.45, 7) is 1.62. The molecule has 1 aliphatic rings. The summed E-state index contributed by atoms with van der Waals surface area (Å²) in [5.41, 5.74) is 2.19. The fraction of sp³-hybridized carbons (Fsp3) is 0.269. The molecule has 1 amide bonds. The molecule has 1 heterocycles. The Kier molecular flexibility index (Phi) is 8.00. The van der Waals surface area contributed by atoms with Gasteiger partial charge in [0.1, 0.15) is 0 Å². The third kappa shape index (κ3) is 6.24. The van der Waals surface area contributed by atoms with Crippen LogP contribution in [0, 0.1) is 0 Å². The Balaban J connectivity index is 1.50. The van der Waals surface area contributed by atoms with Gasteiger partial charge in [-0.25, -0.2) is 8.42 Å². The molecular formula is C26H27ClN2O4S. The molecule has 34 heavy (non-hydrogen) atoms. The van der Waals surface area contributed by atoms with Crippen molar-refractivity contribution in [3.05, 3.63) is 101 Å². The number of sulfonamides is 1. The summed E-state index contributed by atoms with van der Waals surface area (Å²) >= 11 is 5.95. The van der Waals surface area contributed by atoms with Crippen LogP contribution in [-0.4, -0.2) is 37.9 Å². The fourth-order valence-electron chi connectivity index (χ4n) is 3.85. The number of halogens is 1. The number of hydrogen-bond acceptors (Lipinski definition) is 4. The third-order valence-corrected chi connectivity index (χ3v) is 7.80. The monoisotopic (exact) mass is 498 g/mol. The zero-order chi connectivity index (χ0) is 24.0. The van der Waals surface area contributed by atoms with Gasteiger partial charge in [0, 0.05) is 36.8 Å². The zero-order valence-corrected chi connectivity index (χ0v) is 20.3. The number of carbonyl (C=O) groups excluding carboxylic acids is 1. The second-order valence-corrected chi connectivity index (χ2v) is 10.6. The number of benzene rings is 3. The van der Waals surface area contributed by atoms with E-state index in [1.165, 1.54) is 16.4 Å². The van der Waals surface area contributed by atoms with E-state index in [9.17, 15) is 13.2 Å². The first-order chi connectivity index (χ1) is 16.4. The lowest BCUT2D eigenvalue weighted by Gasteiger charge is -2.23. The summed E-state index contributed by atoms with van der Waals surface area (Å²) in [6, 6.07) is 22.6. The standard InChI is InChI=1S/C26H27ClN2O4S/c27-23-12-14-25(15-13-23)34(31,32)29(18-20-5-2-1-3-6-20)19-21-8-10-22(11-9-21)26(30)28-17-24-7-4-16-33-24/h1-3,5-6,8-15,24H,4,7,16-19H2,(H,28,30).